The standard InChI is InChI=1S/C63H71BN9O14P3S/c1-45-7-9-46(10-8-45)11-14-49-35-52(67-59(38-49)88(3,77)78)42-71-28-30-72(43-53-36-50(39-60(68-53)89(4,79)80)15-12-47-17-21-55(86-2)22-18-47)32-33-73(31-29-71)44-54-37-51(40-61(69-54)90(5,81)82)16-13-48-19-23-56(24-20-48)87-34-6-27-65-62(75)57(91(83,84)85)41-66-63(76)70-58(74)25-26-64/h7-10,17-24,35-40,57H,6,25-34,41-44H2,1-5H3,(H,65,75)(H,77,78)(H,79,80)(H,81,82)(H,83,84,85)(H2,66,70,74,76). The Hall–Kier alpha value is -7.78. The molecule has 23 nitrogen and oxygen atoms in total. The van der Waals surface area contributed by atoms with Crippen molar-refractivity contribution in [3.63, 3.8) is 0 Å². The number of hydrogen-bond acceptors (Lipinski definition) is 16. The van der Waals surface area contributed by atoms with Crippen LogP contribution in [0.1, 0.15) is 68.9 Å². The van der Waals surface area contributed by atoms with Gasteiger partial charge in [-0.2, -0.15) is 8.42 Å². The first kappa shape index (κ1) is 70.7. The molecule has 0 bridgehead atoms. The largest absolute Gasteiger partial charge is 0.497 e. The van der Waals surface area contributed by atoms with Gasteiger partial charge in [0.15, 0.2) is 5.25 Å². The van der Waals surface area contributed by atoms with Gasteiger partial charge in [0.25, 0.3) is 10.1 Å². The highest BCUT2D eigenvalue weighted by molar-refractivity contribution is 7.87. The lowest BCUT2D eigenvalue weighted by atomic mass is 10.0. The first-order valence-corrected chi connectivity index (χ1v) is 36.5. The van der Waals surface area contributed by atoms with Crippen molar-refractivity contribution in [3.8, 4) is 47.0 Å². The Balaban J connectivity index is 1.09. The van der Waals surface area contributed by atoms with Gasteiger partial charge in [-0.15, -0.1) is 0 Å². The van der Waals surface area contributed by atoms with Crippen molar-refractivity contribution in [2.24, 2.45) is 0 Å². The van der Waals surface area contributed by atoms with Gasteiger partial charge >= 0.3 is 6.03 Å². The zero-order valence-corrected chi connectivity index (χ0v) is 54.5. The summed E-state index contributed by atoms with van der Waals surface area (Å²) in [6, 6.07) is 30.6. The SMILES string of the molecule is [B]CCC(=O)NC(=O)NCC(C(=O)NCCCOc1ccc(C#Cc2cc(CN3CCN(Cc4cc(C#Cc5ccc(C)cc5)cc(P(C)(=O)O)n4)CCN(Cc4cc(C#Cc5ccc(OC)cc5)cc(P(C)(=O)O)n4)CC3)nc(P(C)(=O)O)c2)cc1)S(=O)(=O)O. The number of carbonyl (C=O) groups is 3. The molecule has 0 spiro atoms. The van der Waals surface area contributed by atoms with Crippen molar-refractivity contribution in [2.75, 3.05) is 86.1 Å². The number of aryl methyl sites for hydroxylation is 1. The van der Waals surface area contributed by atoms with Crippen LogP contribution in [0, 0.1) is 42.4 Å². The fourth-order valence-corrected chi connectivity index (χ4v) is 11.7. The van der Waals surface area contributed by atoms with E-state index < -0.39 is 61.9 Å². The number of amides is 4. The molecule has 0 saturated carbocycles. The van der Waals surface area contributed by atoms with Crippen molar-refractivity contribution in [3.05, 3.63) is 165 Å². The Morgan fingerprint density at radius 1 is 0.593 bits per heavy atom. The zero-order valence-electron chi connectivity index (χ0n) is 51.0. The van der Waals surface area contributed by atoms with Crippen LogP contribution in [0.15, 0.2) is 109 Å². The fourth-order valence-electron chi connectivity index (χ4n) is 9.01. The molecular weight excluding hydrogens is 1240 g/mol. The molecule has 1 aliphatic rings. The first-order valence-electron chi connectivity index (χ1n) is 28.7. The summed E-state index contributed by atoms with van der Waals surface area (Å²) in [7, 11) is -9.70. The Morgan fingerprint density at radius 2 is 0.967 bits per heavy atom. The molecule has 4 heterocycles. The number of nitrogens with zero attached hydrogens (tertiary/aromatic N) is 6. The number of aromatic nitrogens is 3. The molecule has 7 N–H and O–H groups in total. The second kappa shape index (κ2) is 32.5. The molecule has 4 atom stereocenters. The van der Waals surface area contributed by atoms with Crippen molar-refractivity contribution >= 4 is 74.2 Å². The molecule has 28 heteroatoms. The lowest BCUT2D eigenvalue weighted by Gasteiger charge is -2.26. The van der Waals surface area contributed by atoms with E-state index >= 15 is 0 Å². The predicted octanol–water partition coefficient (Wildman–Crippen LogP) is 3.73. The van der Waals surface area contributed by atoms with Crippen molar-refractivity contribution in [2.45, 2.75) is 51.0 Å². The normalized spacial score (nSPS) is 15.4. The van der Waals surface area contributed by atoms with Crippen LogP contribution in [-0.4, -0.2) is 174 Å². The zero-order chi connectivity index (χ0) is 65.9. The molecular formula is C63H71BN9O14P3S. The number of nitrogens with one attached hydrogen (secondary N) is 3. The van der Waals surface area contributed by atoms with Crippen LogP contribution >= 0.6 is 22.1 Å². The maximum Gasteiger partial charge on any atom is 0.321 e. The lowest BCUT2D eigenvalue weighted by molar-refractivity contribution is -0.121. The van der Waals surface area contributed by atoms with Crippen LogP contribution < -0.4 is 41.7 Å². The van der Waals surface area contributed by atoms with Crippen LogP contribution in [-0.2, 0) is 53.0 Å². The van der Waals surface area contributed by atoms with Gasteiger partial charge in [0.05, 0.1) is 38.6 Å². The lowest BCUT2D eigenvalue weighted by Crippen LogP contribution is -2.49. The van der Waals surface area contributed by atoms with E-state index in [1.807, 2.05) is 54.7 Å². The second-order valence-electron chi connectivity index (χ2n) is 21.7. The molecule has 4 amide bonds. The molecule has 2 radical (unpaired) electrons. The summed E-state index contributed by atoms with van der Waals surface area (Å²) in [6.45, 7) is 8.60. The van der Waals surface area contributed by atoms with E-state index in [0.717, 1.165) is 11.1 Å². The van der Waals surface area contributed by atoms with Gasteiger partial charge in [0.1, 0.15) is 27.8 Å². The van der Waals surface area contributed by atoms with Gasteiger partial charge in [-0.25, -0.2) is 19.7 Å². The highest BCUT2D eigenvalue weighted by Gasteiger charge is 2.32. The highest BCUT2D eigenvalue weighted by Crippen LogP contribution is 2.35. The molecule has 0 aliphatic carbocycles. The number of rotatable bonds is 21. The third-order valence-corrected chi connectivity index (χ3v) is 18.2. The van der Waals surface area contributed by atoms with E-state index in [9.17, 15) is 55.7 Å². The molecule has 476 valence electrons. The first-order chi connectivity index (χ1) is 43.1. The highest BCUT2D eigenvalue weighted by atomic mass is 32.2. The van der Waals surface area contributed by atoms with E-state index in [1.54, 1.807) is 61.7 Å². The van der Waals surface area contributed by atoms with Crippen LogP contribution in [0.5, 0.6) is 11.5 Å². The monoisotopic (exact) mass is 1310 g/mol. The average Bonchev–Trinajstić information content (AvgIpc) is 2.48. The predicted molar refractivity (Wildman–Crippen MR) is 348 cm³/mol. The van der Waals surface area contributed by atoms with Crippen LogP contribution in [0.2, 0.25) is 6.32 Å². The number of benzene rings is 3. The number of carbonyl (C=O) groups excluding carboxylic acids is 3. The molecule has 1 saturated heterocycles. The molecule has 4 unspecified atom stereocenters. The van der Waals surface area contributed by atoms with Crippen LogP contribution in [0.3, 0.4) is 0 Å². The Kier molecular flexibility index (Phi) is 25.2. The fraction of sp³-hybridized carbons (Fsp3) is 0.333. The second-order valence-corrected chi connectivity index (χ2v) is 30.0. The van der Waals surface area contributed by atoms with E-state index in [4.69, 9.17) is 17.3 Å². The van der Waals surface area contributed by atoms with Crippen molar-refractivity contribution in [1.82, 2.24) is 45.6 Å². The third-order valence-electron chi connectivity index (χ3n) is 13.9. The van der Waals surface area contributed by atoms with Crippen LogP contribution in [0.4, 0.5) is 4.79 Å². The minimum absolute atomic E-state index is 0.0127. The maximum absolute atomic E-state index is 13.3. The quantitative estimate of drug-likeness (QED) is 0.0177. The topological polar surface area (TPSA) is 320 Å². The maximum atomic E-state index is 13.3. The molecule has 3 aromatic carbocycles. The summed E-state index contributed by atoms with van der Waals surface area (Å²) >= 11 is 0. The van der Waals surface area contributed by atoms with E-state index in [-0.39, 0.29) is 68.3 Å². The molecule has 91 heavy (non-hydrogen) atoms. The number of hydrogen-bond donors (Lipinski definition) is 7. The summed E-state index contributed by atoms with van der Waals surface area (Å²) in [6.07, 6.45) is 0.0319. The molecule has 7 rings (SSSR count). The Bertz CT molecular complexity index is 4060. The number of pyridine rings is 3. The average molecular weight is 1310 g/mol. The molecule has 6 aromatic rings. The summed E-state index contributed by atoms with van der Waals surface area (Å²) < 4.78 is 84.3. The minimum Gasteiger partial charge on any atom is -0.497 e. The number of methoxy groups -OCH3 is 1. The number of urea groups is 1. The molecule has 1 aliphatic heterocycles. The smallest absolute Gasteiger partial charge is 0.321 e. The Morgan fingerprint density at radius 3 is 1.33 bits per heavy atom. The van der Waals surface area contributed by atoms with Crippen LogP contribution in [0.25, 0.3) is 0 Å². The van der Waals surface area contributed by atoms with E-state index in [1.165, 1.54) is 32.1 Å². The number of imide groups is 1. The van der Waals surface area contributed by atoms with Gasteiger partial charge in [0.2, 0.25) is 33.9 Å². The summed E-state index contributed by atoms with van der Waals surface area (Å²) in [5.41, 5.74) is 6.13. The van der Waals surface area contributed by atoms with Crippen molar-refractivity contribution in [1.29, 1.82) is 0 Å². The molecule has 1 fully saturated rings. The van der Waals surface area contributed by atoms with Crippen molar-refractivity contribution < 1.29 is 65.2 Å². The molecule has 3 aromatic heterocycles. The summed E-state index contributed by atoms with van der Waals surface area (Å²) in [5.74, 6) is 18.1. The third kappa shape index (κ3) is 23.4. The number of ether oxygens (including phenoxy) is 2. The summed E-state index contributed by atoms with van der Waals surface area (Å²) in [4.78, 5) is 89.3. The van der Waals surface area contributed by atoms with E-state index in [2.05, 4.69) is 75.8 Å². The van der Waals surface area contributed by atoms with E-state index in [0.29, 0.717) is 95.7 Å². The van der Waals surface area contributed by atoms with Gasteiger partial charge in [-0.3, -0.25) is 47.9 Å². The van der Waals surface area contributed by atoms with Gasteiger partial charge in [0, 0.05) is 132 Å². The summed E-state index contributed by atoms with van der Waals surface area (Å²) in [5, 5.41) is 4.33. The Labute approximate surface area is 531 Å². The van der Waals surface area contributed by atoms with Gasteiger partial charge < -0.3 is 34.8 Å². The minimum atomic E-state index is -4.94. The van der Waals surface area contributed by atoms with Gasteiger partial charge in [-0.05, 0) is 110 Å². The van der Waals surface area contributed by atoms with Gasteiger partial charge in [-0.1, -0.05) is 59.5 Å².